The molecular formula is C23H31IN4O3. The first-order valence-electron chi connectivity index (χ1n) is 10.5. The highest BCUT2D eigenvalue weighted by atomic mass is 127. The van der Waals surface area contributed by atoms with Gasteiger partial charge in [-0.25, -0.2) is 0 Å². The van der Waals surface area contributed by atoms with Gasteiger partial charge in [0.25, 0.3) is 0 Å². The number of nitrogens with zero attached hydrogens (tertiary/aromatic N) is 3. The van der Waals surface area contributed by atoms with Crippen LogP contribution in [0.4, 0.5) is 5.69 Å². The van der Waals surface area contributed by atoms with Gasteiger partial charge in [-0.2, -0.15) is 0 Å². The van der Waals surface area contributed by atoms with E-state index in [1.165, 1.54) is 5.69 Å². The number of anilines is 1. The van der Waals surface area contributed by atoms with Crippen molar-refractivity contribution in [2.75, 3.05) is 58.5 Å². The zero-order valence-corrected chi connectivity index (χ0v) is 20.5. The van der Waals surface area contributed by atoms with Crippen molar-refractivity contribution in [1.82, 2.24) is 10.2 Å². The lowest BCUT2D eigenvalue weighted by atomic mass is 10.2. The van der Waals surface area contributed by atoms with Crippen molar-refractivity contribution in [1.29, 1.82) is 0 Å². The van der Waals surface area contributed by atoms with Crippen LogP contribution < -0.4 is 24.4 Å². The van der Waals surface area contributed by atoms with Crippen LogP contribution in [0.5, 0.6) is 17.2 Å². The zero-order valence-electron chi connectivity index (χ0n) is 18.2. The number of guanidine groups is 1. The standard InChI is InChI=1S/C23H30N4O3.HI/c1-24-23(25-17-18-4-9-21-22(16-18)30-15-3-14-29-21)27-12-10-26(11-13-27)19-5-7-20(28-2)8-6-19;/h4-9,16H,3,10-15,17H2,1-2H3,(H,24,25);1H. The minimum Gasteiger partial charge on any atom is -0.497 e. The van der Waals surface area contributed by atoms with Crippen molar-refractivity contribution < 1.29 is 14.2 Å². The van der Waals surface area contributed by atoms with E-state index < -0.39 is 0 Å². The molecule has 2 aromatic carbocycles. The maximum Gasteiger partial charge on any atom is 0.194 e. The van der Waals surface area contributed by atoms with Gasteiger partial charge in [-0.05, 0) is 42.0 Å². The molecule has 168 valence electrons. The second-order valence-electron chi connectivity index (χ2n) is 7.40. The molecule has 1 fully saturated rings. The summed E-state index contributed by atoms with van der Waals surface area (Å²) < 4.78 is 16.8. The third-order valence-electron chi connectivity index (χ3n) is 5.49. The fourth-order valence-electron chi connectivity index (χ4n) is 3.80. The first-order chi connectivity index (χ1) is 14.8. The number of nitrogens with one attached hydrogen (secondary N) is 1. The van der Waals surface area contributed by atoms with Gasteiger partial charge in [0.2, 0.25) is 0 Å². The molecule has 0 saturated carbocycles. The molecule has 4 rings (SSSR count). The molecule has 1 N–H and O–H groups in total. The van der Waals surface area contributed by atoms with E-state index in [4.69, 9.17) is 14.2 Å². The topological polar surface area (TPSA) is 58.6 Å². The minimum atomic E-state index is 0. The van der Waals surface area contributed by atoms with Crippen LogP contribution in [0.25, 0.3) is 0 Å². The summed E-state index contributed by atoms with van der Waals surface area (Å²) in [6.07, 6.45) is 0.914. The van der Waals surface area contributed by atoms with Crippen molar-refractivity contribution in [2.24, 2.45) is 4.99 Å². The monoisotopic (exact) mass is 538 g/mol. The molecule has 0 spiro atoms. The van der Waals surface area contributed by atoms with Crippen LogP contribution in [-0.4, -0.2) is 64.4 Å². The van der Waals surface area contributed by atoms with Crippen LogP contribution in [-0.2, 0) is 6.54 Å². The van der Waals surface area contributed by atoms with Crippen LogP contribution in [0, 0.1) is 0 Å². The second-order valence-corrected chi connectivity index (χ2v) is 7.40. The van der Waals surface area contributed by atoms with Crippen molar-refractivity contribution in [2.45, 2.75) is 13.0 Å². The number of methoxy groups -OCH3 is 1. The Balaban J connectivity index is 0.00000272. The van der Waals surface area contributed by atoms with E-state index in [1.54, 1.807) is 7.11 Å². The fraction of sp³-hybridized carbons (Fsp3) is 0.435. The largest absolute Gasteiger partial charge is 0.497 e. The summed E-state index contributed by atoms with van der Waals surface area (Å²) in [6.45, 7) is 5.86. The maximum absolute atomic E-state index is 5.80. The Hall–Kier alpha value is -2.36. The first-order valence-corrected chi connectivity index (χ1v) is 10.5. The number of benzene rings is 2. The van der Waals surface area contributed by atoms with Crippen LogP contribution >= 0.6 is 24.0 Å². The molecule has 0 radical (unpaired) electrons. The molecule has 0 atom stereocenters. The summed E-state index contributed by atoms with van der Waals surface area (Å²) in [5, 5.41) is 3.49. The summed E-state index contributed by atoms with van der Waals surface area (Å²) >= 11 is 0. The van der Waals surface area contributed by atoms with E-state index in [9.17, 15) is 0 Å². The number of piperazine rings is 1. The highest BCUT2D eigenvalue weighted by Crippen LogP contribution is 2.30. The fourth-order valence-corrected chi connectivity index (χ4v) is 3.80. The Kier molecular flexibility index (Phi) is 8.51. The van der Waals surface area contributed by atoms with E-state index in [-0.39, 0.29) is 24.0 Å². The van der Waals surface area contributed by atoms with Crippen molar-refractivity contribution >= 4 is 35.6 Å². The summed E-state index contributed by atoms with van der Waals surface area (Å²) in [6, 6.07) is 14.4. The Bertz CT molecular complexity index is 868. The Morgan fingerprint density at radius 3 is 2.39 bits per heavy atom. The lowest BCUT2D eigenvalue weighted by Gasteiger charge is -2.37. The van der Waals surface area contributed by atoms with Crippen LogP contribution in [0.1, 0.15) is 12.0 Å². The number of ether oxygens (including phenoxy) is 3. The lowest BCUT2D eigenvalue weighted by Crippen LogP contribution is -2.52. The van der Waals surface area contributed by atoms with Gasteiger partial charge >= 0.3 is 0 Å². The summed E-state index contributed by atoms with van der Waals surface area (Å²) in [5.41, 5.74) is 2.38. The molecule has 0 bridgehead atoms. The van der Waals surface area contributed by atoms with Crippen LogP contribution in [0.15, 0.2) is 47.5 Å². The van der Waals surface area contributed by atoms with Crippen LogP contribution in [0.2, 0.25) is 0 Å². The van der Waals surface area contributed by atoms with Gasteiger partial charge in [0.05, 0.1) is 20.3 Å². The molecule has 1 saturated heterocycles. The van der Waals surface area contributed by atoms with Gasteiger partial charge in [-0.3, -0.25) is 4.99 Å². The molecule has 0 unspecified atom stereocenters. The van der Waals surface area contributed by atoms with Gasteiger partial charge in [0, 0.05) is 51.9 Å². The predicted octanol–water partition coefficient (Wildman–Crippen LogP) is 3.37. The van der Waals surface area contributed by atoms with Gasteiger partial charge in [-0.1, -0.05) is 6.07 Å². The summed E-state index contributed by atoms with van der Waals surface area (Å²) in [7, 11) is 3.53. The molecule has 2 aliphatic rings. The number of hydrogen-bond donors (Lipinski definition) is 1. The van der Waals surface area contributed by atoms with Crippen molar-refractivity contribution in [3.8, 4) is 17.2 Å². The van der Waals surface area contributed by atoms with Gasteiger partial charge in [0.1, 0.15) is 5.75 Å². The van der Waals surface area contributed by atoms with Crippen molar-refractivity contribution in [3.05, 3.63) is 48.0 Å². The number of hydrogen-bond acceptors (Lipinski definition) is 5. The normalized spacial score (nSPS) is 16.3. The Labute approximate surface area is 201 Å². The van der Waals surface area contributed by atoms with Gasteiger partial charge < -0.3 is 29.3 Å². The van der Waals surface area contributed by atoms with Gasteiger partial charge in [-0.15, -0.1) is 24.0 Å². The van der Waals surface area contributed by atoms with Gasteiger partial charge in [0.15, 0.2) is 17.5 Å². The smallest absolute Gasteiger partial charge is 0.194 e. The third kappa shape index (κ3) is 5.87. The minimum absolute atomic E-state index is 0. The molecule has 31 heavy (non-hydrogen) atoms. The molecule has 0 aromatic heterocycles. The van der Waals surface area contributed by atoms with E-state index in [0.29, 0.717) is 19.8 Å². The highest BCUT2D eigenvalue weighted by molar-refractivity contribution is 14.0. The molecule has 2 aliphatic heterocycles. The number of fused-ring (bicyclic) bond motifs is 1. The molecule has 2 aromatic rings. The van der Waals surface area contributed by atoms with E-state index in [2.05, 4.69) is 44.4 Å². The second kappa shape index (κ2) is 11.3. The predicted molar refractivity (Wildman–Crippen MR) is 134 cm³/mol. The quantitative estimate of drug-likeness (QED) is 0.366. The number of aliphatic imine (C=N–C) groups is 1. The molecule has 8 heteroatoms. The molecule has 7 nitrogen and oxygen atoms in total. The Morgan fingerprint density at radius 2 is 1.71 bits per heavy atom. The Morgan fingerprint density at radius 1 is 1.00 bits per heavy atom. The van der Waals surface area contributed by atoms with E-state index >= 15 is 0 Å². The number of rotatable bonds is 4. The summed E-state index contributed by atoms with van der Waals surface area (Å²) in [4.78, 5) is 9.19. The van der Waals surface area contributed by atoms with E-state index in [1.807, 2.05) is 25.2 Å². The van der Waals surface area contributed by atoms with Crippen LogP contribution in [0.3, 0.4) is 0 Å². The lowest BCUT2D eigenvalue weighted by molar-refractivity contribution is 0.297. The average Bonchev–Trinajstić information content (AvgIpc) is 3.05. The summed E-state index contributed by atoms with van der Waals surface area (Å²) in [5.74, 6) is 3.47. The average molecular weight is 538 g/mol. The first kappa shape index (κ1) is 23.3. The third-order valence-corrected chi connectivity index (χ3v) is 5.49. The zero-order chi connectivity index (χ0) is 20.8. The van der Waals surface area contributed by atoms with E-state index in [0.717, 1.165) is 61.4 Å². The molecular weight excluding hydrogens is 507 g/mol. The molecule has 2 heterocycles. The number of halogens is 1. The molecule has 0 aliphatic carbocycles. The van der Waals surface area contributed by atoms with Crippen molar-refractivity contribution in [3.63, 3.8) is 0 Å². The SMILES string of the molecule is CN=C(NCc1ccc2c(c1)OCCCO2)N1CCN(c2ccc(OC)cc2)CC1.I. The highest BCUT2D eigenvalue weighted by Gasteiger charge is 2.20. The molecule has 0 amide bonds. The maximum atomic E-state index is 5.80.